The number of benzene rings is 1. The summed E-state index contributed by atoms with van der Waals surface area (Å²) in [5, 5.41) is 0. The van der Waals surface area contributed by atoms with E-state index in [9.17, 15) is 4.79 Å². The van der Waals surface area contributed by atoms with Crippen molar-refractivity contribution in [3.63, 3.8) is 0 Å². The van der Waals surface area contributed by atoms with Gasteiger partial charge < -0.3 is 4.74 Å². The van der Waals surface area contributed by atoms with Gasteiger partial charge in [0.05, 0.1) is 5.92 Å². The average molecular weight is 385 g/mol. The van der Waals surface area contributed by atoms with Crippen molar-refractivity contribution in [3.8, 4) is 5.75 Å². The maximum absolute atomic E-state index is 12.7. The number of hydrogen-bond donors (Lipinski definition) is 0. The Bertz CT molecular complexity index is 578. The summed E-state index contributed by atoms with van der Waals surface area (Å²) in [6, 6.07) is 9.56. The topological polar surface area (TPSA) is 26.3 Å². The van der Waals surface area contributed by atoms with E-state index >= 15 is 0 Å². The highest BCUT2D eigenvalue weighted by atomic mass is 16.5. The Morgan fingerprint density at radius 3 is 2.25 bits per heavy atom. The van der Waals surface area contributed by atoms with Crippen molar-refractivity contribution in [2.24, 2.45) is 23.2 Å². The second-order valence-corrected chi connectivity index (χ2v) is 9.48. The first kappa shape index (κ1) is 21.4. The Balaban J connectivity index is 1.57. The molecule has 0 unspecified atom stereocenters. The average Bonchev–Trinajstić information content (AvgIpc) is 2.74. The third kappa shape index (κ3) is 5.39. The van der Waals surface area contributed by atoms with Crippen molar-refractivity contribution < 1.29 is 9.53 Å². The molecule has 2 fully saturated rings. The van der Waals surface area contributed by atoms with Crippen LogP contribution >= 0.6 is 0 Å². The summed E-state index contributed by atoms with van der Waals surface area (Å²) < 4.78 is 5.65. The van der Waals surface area contributed by atoms with Gasteiger partial charge in [-0.3, -0.25) is 4.79 Å². The van der Waals surface area contributed by atoms with Crippen LogP contribution in [0.1, 0.15) is 97.3 Å². The van der Waals surface area contributed by atoms with Gasteiger partial charge in [-0.05, 0) is 74.3 Å². The summed E-state index contributed by atoms with van der Waals surface area (Å²) in [6.45, 7) is 4.64. The van der Waals surface area contributed by atoms with E-state index < -0.39 is 0 Å². The Morgan fingerprint density at radius 2 is 1.64 bits per heavy atom. The molecule has 0 radical (unpaired) electrons. The molecule has 2 aliphatic rings. The fourth-order valence-corrected chi connectivity index (χ4v) is 5.98. The predicted octanol–water partition coefficient (Wildman–Crippen LogP) is 7.57. The molecule has 1 aromatic rings. The highest BCUT2D eigenvalue weighted by molar-refractivity contribution is 5.75. The summed E-state index contributed by atoms with van der Waals surface area (Å²) in [4.78, 5) is 12.7. The quantitative estimate of drug-likeness (QED) is 0.341. The van der Waals surface area contributed by atoms with Crippen molar-refractivity contribution in [3.05, 3.63) is 30.3 Å². The minimum atomic E-state index is -0.0121. The highest BCUT2D eigenvalue weighted by Crippen LogP contribution is 2.53. The SMILES string of the molecule is CCCC[C@]1(C2CCC(CCC)CC2)CC[C@@H](C(=O)Oc2ccccc2)CC1. The lowest BCUT2D eigenvalue weighted by atomic mass is 9.57. The van der Waals surface area contributed by atoms with E-state index in [2.05, 4.69) is 13.8 Å². The van der Waals surface area contributed by atoms with Gasteiger partial charge in [0, 0.05) is 0 Å². The zero-order chi connectivity index (χ0) is 19.8. The van der Waals surface area contributed by atoms with E-state index in [4.69, 9.17) is 4.74 Å². The predicted molar refractivity (Wildman–Crippen MR) is 116 cm³/mol. The molecule has 3 rings (SSSR count). The zero-order valence-corrected chi connectivity index (χ0v) is 18.1. The number of rotatable bonds is 8. The number of hydrogen-bond acceptors (Lipinski definition) is 2. The smallest absolute Gasteiger partial charge is 0.314 e. The van der Waals surface area contributed by atoms with Gasteiger partial charge in [0.2, 0.25) is 0 Å². The van der Waals surface area contributed by atoms with Gasteiger partial charge in [-0.25, -0.2) is 0 Å². The van der Waals surface area contributed by atoms with Crippen LogP contribution in [-0.2, 0) is 4.79 Å². The lowest BCUT2D eigenvalue weighted by molar-refractivity contribution is -0.141. The van der Waals surface area contributed by atoms with Crippen LogP contribution in [0.4, 0.5) is 0 Å². The van der Waals surface area contributed by atoms with Gasteiger partial charge in [-0.15, -0.1) is 0 Å². The van der Waals surface area contributed by atoms with E-state index in [0.29, 0.717) is 11.2 Å². The zero-order valence-electron chi connectivity index (χ0n) is 18.1. The van der Waals surface area contributed by atoms with Crippen LogP contribution in [0, 0.1) is 23.2 Å². The third-order valence-electron chi connectivity index (χ3n) is 7.71. The molecule has 0 spiro atoms. The number of carbonyl (C=O) groups is 1. The third-order valence-corrected chi connectivity index (χ3v) is 7.71. The number of esters is 1. The molecule has 0 amide bonds. The Kier molecular flexibility index (Phi) is 8.00. The standard InChI is InChI=1S/C26H40O2/c1-3-5-18-26(23-14-12-21(9-4-2)13-15-23)19-16-22(17-20-26)25(27)28-24-10-7-6-8-11-24/h6-8,10-11,21-23H,3-5,9,12-20H2,1-2H3/t21?,22-,23?,26+. The van der Waals surface area contributed by atoms with Crippen LogP contribution in [0.3, 0.4) is 0 Å². The summed E-state index contributed by atoms with van der Waals surface area (Å²) >= 11 is 0. The maximum atomic E-state index is 12.7. The van der Waals surface area contributed by atoms with Gasteiger partial charge in [-0.1, -0.05) is 70.6 Å². The molecule has 1 aromatic carbocycles. The van der Waals surface area contributed by atoms with Crippen LogP contribution in [0.5, 0.6) is 5.75 Å². The van der Waals surface area contributed by atoms with Crippen LogP contribution in [0.25, 0.3) is 0 Å². The molecule has 28 heavy (non-hydrogen) atoms. The molecule has 2 saturated carbocycles. The molecule has 2 heteroatoms. The molecule has 0 aromatic heterocycles. The van der Waals surface area contributed by atoms with E-state index in [0.717, 1.165) is 24.7 Å². The fourth-order valence-electron chi connectivity index (χ4n) is 5.98. The van der Waals surface area contributed by atoms with Gasteiger partial charge in [0.15, 0.2) is 0 Å². The Labute approximate surface area is 172 Å². The molecule has 0 N–H and O–H groups in total. The van der Waals surface area contributed by atoms with Gasteiger partial charge >= 0.3 is 5.97 Å². The highest BCUT2D eigenvalue weighted by Gasteiger charge is 2.43. The van der Waals surface area contributed by atoms with Crippen LogP contribution in [0.2, 0.25) is 0 Å². The molecule has 0 aliphatic heterocycles. The number of carbonyl (C=O) groups excluding carboxylic acids is 1. The second kappa shape index (κ2) is 10.5. The van der Waals surface area contributed by atoms with Gasteiger partial charge in [0.25, 0.3) is 0 Å². The fraction of sp³-hybridized carbons (Fsp3) is 0.731. The summed E-state index contributed by atoms with van der Waals surface area (Å²) in [6.07, 6.45) is 17.0. The maximum Gasteiger partial charge on any atom is 0.314 e. The Hall–Kier alpha value is -1.31. The molecule has 0 saturated heterocycles. The summed E-state index contributed by atoms with van der Waals surface area (Å²) in [5.74, 6) is 2.62. The number of para-hydroxylation sites is 1. The van der Waals surface area contributed by atoms with Crippen molar-refractivity contribution in [2.45, 2.75) is 97.3 Å². The van der Waals surface area contributed by atoms with Crippen LogP contribution in [-0.4, -0.2) is 5.97 Å². The summed E-state index contributed by atoms with van der Waals surface area (Å²) in [7, 11) is 0. The molecule has 0 atom stereocenters. The monoisotopic (exact) mass is 384 g/mol. The lowest BCUT2D eigenvalue weighted by Crippen LogP contribution is -2.39. The minimum absolute atomic E-state index is 0.0121. The van der Waals surface area contributed by atoms with Crippen LogP contribution < -0.4 is 4.74 Å². The Morgan fingerprint density at radius 1 is 0.964 bits per heavy atom. The van der Waals surface area contributed by atoms with E-state index in [-0.39, 0.29) is 11.9 Å². The van der Waals surface area contributed by atoms with Gasteiger partial charge in [0.1, 0.15) is 5.75 Å². The first-order chi connectivity index (χ1) is 13.7. The van der Waals surface area contributed by atoms with E-state index in [1.807, 2.05) is 30.3 Å². The van der Waals surface area contributed by atoms with Gasteiger partial charge in [-0.2, -0.15) is 0 Å². The first-order valence-corrected chi connectivity index (χ1v) is 11.9. The second-order valence-electron chi connectivity index (χ2n) is 9.48. The van der Waals surface area contributed by atoms with Crippen molar-refractivity contribution >= 4 is 5.97 Å². The number of unbranched alkanes of at least 4 members (excludes halogenated alkanes) is 1. The molecule has 2 aliphatic carbocycles. The molecular weight excluding hydrogens is 344 g/mol. The largest absolute Gasteiger partial charge is 0.426 e. The lowest BCUT2D eigenvalue weighted by Gasteiger charge is -2.48. The van der Waals surface area contributed by atoms with E-state index in [1.54, 1.807) is 0 Å². The first-order valence-electron chi connectivity index (χ1n) is 11.9. The molecular formula is C26H40O2. The molecule has 2 nitrogen and oxygen atoms in total. The normalized spacial score (nSPS) is 30.7. The minimum Gasteiger partial charge on any atom is -0.426 e. The molecule has 156 valence electrons. The van der Waals surface area contributed by atoms with Crippen LogP contribution in [0.15, 0.2) is 30.3 Å². The number of ether oxygens (including phenoxy) is 1. The van der Waals surface area contributed by atoms with E-state index in [1.165, 1.54) is 70.6 Å². The van der Waals surface area contributed by atoms with Crippen molar-refractivity contribution in [2.75, 3.05) is 0 Å². The van der Waals surface area contributed by atoms with Crippen molar-refractivity contribution in [1.29, 1.82) is 0 Å². The molecule has 0 heterocycles. The van der Waals surface area contributed by atoms with Crippen molar-refractivity contribution in [1.82, 2.24) is 0 Å². The molecule has 0 bridgehead atoms. The summed E-state index contributed by atoms with van der Waals surface area (Å²) in [5.41, 5.74) is 0.497.